The van der Waals surface area contributed by atoms with E-state index in [1.165, 1.54) is 12.1 Å². The van der Waals surface area contributed by atoms with Crippen LogP contribution >= 0.6 is 0 Å². The normalized spacial score (nSPS) is 14.1. The Morgan fingerprint density at radius 3 is 2.27 bits per heavy atom. The van der Waals surface area contributed by atoms with Crippen LogP contribution < -0.4 is 26.2 Å². The summed E-state index contributed by atoms with van der Waals surface area (Å²) in [6.07, 6.45) is 0. The van der Waals surface area contributed by atoms with Gasteiger partial charge in [0.2, 0.25) is 9.84 Å². The third-order valence-corrected chi connectivity index (χ3v) is 7.28. The standard InChI is InChI=1S/C24H26N4O4S/c1-32-22-8-4-2-6-20(22)21-7-3-5-9-23(21)33(30,31)19-12-10-18(11-13-19)28-24(29)25-14-17-15-26-27-16-17/h2-13,17,26-27H,14-16H2,1H3,(H2,25,28,29). The van der Waals surface area contributed by atoms with Crippen molar-refractivity contribution >= 4 is 21.6 Å². The van der Waals surface area contributed by atoms with Crippen LogP contribution in [0.5, 0.6) is 5.75 Å². The smallest absolute Gasteiger partial charge is 0.319 e. The molecule has 0 spiro atoms. The van der Waals surface area contributed by atoms with E-state index in [0.717, 1.165) is 13.1 Å². The number of anilines is 1. The lowest BCUT2D eigenvalue weighted by atomic mass is 10.0. The van der Waals surface area contributed by atoms with E-state index in [9.17, 15) is 13.2 Å². The summed E-state index contributed by atoms with van der Waals surface area (Å²) in [5.74, 6) is 0.918. The minimum absolute atomic E-state index is 0.138. The van der Waals surface area contributed by atoms with E-state index in [1.54, 1.807) is 49.6 Å². The van der Waals surface area contributed by atoms with E-state index in [0.29, 0.717) is 35.0 Å². The molecule has 0 bridgehead atoms. The molecule has 4 N–H and O–H groups in total. The van der Waals surface area contributed by atoms with Crippen molar-refractivity contribution in [2.24, 2.45) is 5.92 Å². The molecule has 0 radical (unpaired) electrons. The third-order valence-electron chi connectivity index (χ3n) is 5.45. The number of carbonyl (C=O) groups excluding carboxylic acids is 1. The fourth-order valence-electron chi connectivity index (χ4n) is 3.70. The molecule has 4 rings (SSSR count). The van der Waals surface area contributed by atoms with Gasteiger partial charge in [0.25, 0.3) is 0 Å². The van der Waals surface area contributed by atoms with Gasteiger partial charge in [-0.05, 0) is 36.4 Å². The number of hydrogen-bond acceptors (Lipinski definition) is 6. The fourth-order valence-corrected chi connectivity index (χ4v) is 5.17. The number of benzene rings is 3. The first kappa shape index (κ1) is 22.8. The van der Waals surface area contributed by atoms with E-state index >= 15 is 0 Å². The van der Waals surface area contributed by atoms with Gasteiger partial charge in [0, 0.05) is 42.4 Å². The number of methoxy groups -OCH3 is 1. The van der Waals surface area contributed by atoms with E-state index in [2.05, 4.69) is 21.5 Å². The van der Waals surface area contributed by atoms with Crippen LogP contribution in [0.25, 0.3) is 11.1 Å². The number of urea groups is 1. The predicted molar refractivity (Wildman–Crippen MR) is 127 cm³/mol. The van der Waals surface area contributed by atoms with Gasteiger partial charge < -0.3 is 15.4 Å². The molecule has 1 fully saturated rings. The molecule has 2 amide bonds. The lowest BCUT2D eigenvalue weighted by Crippen LogP contribution is -2.34. The van der Waals surface area contributed by atoms with Crippen molar-refractivity contribution in [1.29, 1.82) is 0 Å². The van der Waals surface area contributed by atoms with Crippen molar-refractivity contribution in [3.05, 3.63) is 72.8 Å². The number of hydrogen-bond donors (Lipinski definition) is 4. The van der Waals surface area contributed by atoms with Crippen LogP contribution in [0.2, 0.25) is 0 Å². The van der Waals surface area contributed by atoms with Gasteiger partial charge in [0.05, 0.1) is 16.9 Å². The average Bonchev–Trinajstić information content (AvgIpc) is 3.37. The molecule has 1 saturated heterocycles. The van der Waals surface area contributed by atoms with Crippen molar-refractivity contribution in [1.82, 2.24) is 16.2 Å². The number of para-hydroxylation sites is 1. The molecule has 8 nitrogen and oxygen atoms in total. The van der Waals surface area contributed by atoms with Crippen LogP contribution in [0.15, 0.2) is 82.6 Å². The summed E-state index contributed by atoms with van der Waals surface area (Å²) < 4.78 is 32.3. The maximum Gasteiger partial charge on any atom is 0.319 e. The summed E-state index contributed by atoms with van der Waals surface area (Å²) in [7, 11) is -2.25. The second-order valence-corrected chi connectivity index (χ2v) is 9.61. The molecule has 1 aliphatic heterocycles. The van der Waals surface area contributed by atoms with Crippen molar-refractivity contribution in [2.45, 2.75) is 9.79 Å². The molecule has 3 aromatic carbocycles. The molecule has 0 unspecified atom stereocenters. The quantitative estimate of drug-likeness (QED) is 0.426. The van der Waals surface area contributed by atoms with Crippen LogP contribution in [-0.4, -0.2) is 41.2 Å². The van der Waals surface area contributed by atoms with Gasteiger partial charge in [0.1, 0.15) is 5.75 Å². The Kier molecular flexibility index (Phi) is 6.93. The summed E-state index contributed by atoms with van der Waals surface area (Å²) in [6.45, 7) is 2.13. The van der Waals surface area contributed by atoms with Gasteiger partial charge in [-0.25, -0.2) is 13.2 Å². The first-order valence-electron chi connectivity index (χ1n) is 10.6. The van der Waals surface area contributed by atoms with Crippen molar-refractivity contribution < 1.29 is 17.9 Å². The highest BCUT2D eigenvalue weighted by molar-refractivity contribution is 7.91. The summed E-state index contributed by atoms with van der Waals surface area (Å²) in [5, 5.41) is 5.55. The van der Waals surface area contributed by atoms with E-state index in [4.69, 9.17) is 4.74 Å². The van der Waals surface area contributed by atoms with Gasteiger partial charge in [0.15, 0.2) is 0 Å². The van der Waals surface area contributed by atoms with E-state index in [-0.39, 0.29) is 15.8 Å². The molecule has 33 heavy (non-hydrogen) atoms. The molecular formula is C24H26N4O4S. The average molecular weight is 467 g/mol. The highest BCUT2D eigenvalue weighted by Gasteiger charge is 2.23. The summed E-state index contributed by atoms with van der Waals surface area (Å²) in [6, 6.07) is 20.0. The van der Waals surface area contributed by atoms with Crippen molar-refractivity contribution in [3.63, 3.8) is 0 Å². The number of hydrazine groups is 1. The highest BCUT2D eigenvalue weighted by Crippen LogP contribution is 2.36. The molecule has 0 aromatic heterocycles. The van der Waals surface area contributed by atoms with Crippen LogP contribution in [0.4, 0.5) is 10.5 Å². The second kappa shape index (κ2) is 10.0. The second-order valence-electron chi connectivity index (χ2n) is 7.69. The first-order valence-corrected chi connectivity index (χ1v) is 12.1. The first-order chi connectivity index (χ1) is 16.0. The Morgan fingerprint density at radius 2 is 1.58 bits per heavy atom. The van der Waals surface area contributed by atoms with Crippen LogP contribution in [0, 0.1) is 5.92 Å². The maximum absolute atomic E-state index is 13.5. The predicted octanol–water partition coefficient (Wildman–Crippen LogP) is 3.04. The zero-order chi connectivity index (χ0) is 23.3. The van der Waals surface area contributed by atoms with Gasteiger partial charge >= 0.3 is 6.03 Å². The summed E-state index contributed by atoms with van der Waals surface area (Å²) in [4.78, 5) is 12.5. The number of ether oxygens (including phenoxy) is 1. The van der Waals surface area contributed by atoms with Crippen molar-refractivity contribution in [3.8, 4) is 16.9 Å². The molecule has 0 aliphatic carbocycles. The summed E-state index contributed by atoms with van der Waals surface area (Å²) in [5.41, 5.74) is 7.79. The molecule has 3 aromatic rings. The zero-order valence-corrected chi connectivity index (χ0v) is 19.0. The summed E-state index contributed by atoms with van der Waals surface area (Å²) >= 11 is 0. The molecule has 172 valence electrons. The molecule has 0 atom stereocenters. The topological polar surface area (TPSA) is 109 Å². The molecule has 1 aliphatic rings. The van der Waals surface area contributed by atoms with E-state index < -0.39 is 9.84 Å². The van der Waals surface area contributed by atoms with Crippen LogP contribution in [0.3, 0.4) is 0 Å². The van der Waals surface area contributed by atoms with Crippen LogP contribution in [-0.2, 0) is 9.84 Å². The third kappa shape index (κ3) is 5.16. The Hall–Kier alpha value is -3.40. The molecule has 0 saturated carbocycles. The lowest BCUT2D eigenvalue weighted by Gasteiger charge is -2.14. The number of nitrogens with one attached hydrogen (secondary N) is 4. The number of carbonyl (C=O) groups is 1. The SMILES string of the molecule is COc1ccccc1-c1ccccc1S(=O)(=O)c1ccc(NC(=O)NCC2CNNC2)cc1. The largest absolute Gasteiger partial charge is 0.496 e. The number of rotatable bonds is 7. The van der Waals surface area contributed by atoms with Gasteiger partial charge in [-0.1, -0.05) is 36.4 Å². The van der Waals surface area contributed by atoms with Crippen LogP contribution in [0.1, 0.15) is 0 Å². The minimum atomic E-state index is -3.81. The van der Waals surface area contributed by atoms with Gasteiger partial charge in [-0.15, -0.1) is 0 Å². The highest BCUT2D eigenvalue weighted by atomic mass is 32.2. The fraction of sp³-hybridized carbons (Fsp3) is 0.208. The lowest BCUT2D eigenvalue weighted by molar-refractivity contribution is 0.250. The number of amides is 2. The molecular weight excluding hydrogens is 440 g/mol. The van der Waals surface area contributed by atoms with Gasteiger partial charge in [-0.3, -0.25) is 10.9 Å². The zero-order valence-electron chi connectivity index (χ0n) is 18.2. The van der Waals surface area contributed by atoms with E-state index in [1.807, 2.05) is 18.2 Å². The Bertz CT molecular complexity index is 1220. The maximum atomic E-state index is 13.5. The monoisotopic (exact) mass is 466 g/mol. The van der Waals surface area contributed by atoms with Gasteiger partial charge in [-0.2, -0.15) is 0 Å². The Labute approximate surface area is 193 Å². The molecule has 1 heterocycles. The number of sulfone groups is 1. The Morgan fingerprint density at radius 1 is 0.939 bits per heavy atom. The van der Waals surface area contributed by atoms with Crippen molar-refractivity contribution in [2.75, 3.05) is 32.1 Å². The molecule has 9 heteroatoms. The minimum Gasteiger partial charge on any atom is -0.496 e. The Balaban J connectivity index is 1.53.